The maximum atomic E-state index is 13.7. The first kappa shape index (κ1) is 13.4. The summed E-state index contributed by atoms with van der Waals surface area (Å²) >= 11 is 0. The molecule has 1 aromatic carbocycles. The average Bonchev–Trinajstić information content (AvgIpc) is 2.49. The van der Waals surface area contributed by atoms with Gasteiger partial charge in [0.15, 0.2) is 17.5 Å². The molecule has 0 aliphatic heterocycles. The average molecular weight is 283 g/mol. The third-order valence-corrected chi connectivity index (χ3v) is 3.24. The quantitative estimate of drug-likeness (QED) is 0.558. The van der Waals surface area contributed by atoms with Crippen LogP contribution in [0.5, 0.6) is 0 Å². The summed E-state index contributed by atoms with van der Waals surface area (Å²) in [6.07, 6.45) is 0. The van der Waals surface area contributed by atoms with E-state index < -0.39 is 5.82 Å². The lowest BCUT2D eigenvalue weighted by Crippen LogP contribution is -2.13. The van der Waals surface area contributed by atoms with Gasteiger partial charge in [0.05, 0.1) is 11.2 Å². The monoisotopic (exact) mass is 283 g/mol. The van der Waals surface area contributed by atoms with E-state index in [9.17, 15) is 4.39 Å². The minimum absolute atomic E-state index is 0.0142. The number of aryl methyl sites for hydroxylation is 2. The Labute approximate surface area is 121 Å². The number of nitrogen functional groups attached to an aromatic ring is 1. The van der Waals surface area contributed by atoms with Crippen molar-refractivity contribution in [2.24, 2.45) is 5.84 Å². The van der Waals surface area contributed by atoms with Gasteiger partial charge in [0, 0.05) is 16.6 Å². The molecule has 106 valence electrons. The van der Waals surface area contributed by atoms with E-state index in [-0.39, 0.29) is 11.5 Å². The molecule has 0 radical (unpaired) electrons. The van der Waals surface area contributed by atoms with Crippen LogP contribution >= 0.6 is 0 Å². The fourth-order valence-corrected chi connectivity index (χ4v) is 2.15. The molecule has 0 aliphatic rings. The zero-order valence-corrected chi connectivity index (χ0v) is 11.7. The summed E-state index contributed by atoms with van der Waals surface area (Å²) in [5, 5.41) is 0.978. The number of aromatic nitrogens is 3. The van der Waals surface area contributed by atoms with Crippen LogP contribution < -0.4 is 11.3 Å². The van der Waals surface area contributed by atoms with Crippen molar-refractivity contribution >= 4 is 16.7 Å². The number of pyridine rings is 1. The molecule has 2 aromatic heterocycles. The number of rotatable bonds is 2. The minimum Gasteiger partial charge on any atom is -0.306 e. The maximum absolute atomic E-state index is 13.7. The van der Waals surface area contributed by atoms with Gasteiger partial charge in [-0.05, 0) is 38.1 Å². The van der Waals surface area contributed by atoms with Crippen LogP contribution in [0, 0.1) is 19.7 Å². The molecule has 0 atom stereocenters. The molecule has 2 heterocycles. The van der Waals surface area contributed by atoms with Gasteiger partial charge in [-0.3, -0.25) is 4.98 Å². The molecule has 0 spiro atoms. The third-order valence-electron chi connectivity index (χ3n) is 3.24. The number of hydrazine groups is 1. The summed E-state index contributed by atoms with van der Waals surface area (Å²) in [6, 6.07) is 9.61. The Kier molecular flexibility index (Phi) is 3.23. The lowest BCUT2D eigenvalue weighted by molar-refractivity contribution is 0.606. The molecule has 0 aliphatic carbocycles. The highest BCUT2D eigenvalue weighted by Crippen LogP contribution is 2.24. The summed E-state index contributed by atoms with van der Waals surface area (Å²) < 4.78 is 13.7. The van der Waals surface area contributed by atoms with Gasteiger partial charge in [0.2, 0.25) is 0 Å². The number of nitrogens with zero attached hydrogens (tertiary/aromatic N) is 3. The lowest BCUT2D eigenvalue weighted by Gasteiger charge is -2.08. The van der Waals surface area contributed by atoms with E-state index in [4.69, 9.17) is 5.84 Å². The smallest absolute Gasteiger partial charge is 0.187 e. The van der Waals surface area contributed by atoms with Gasteiger partial charge in [0.1, 0.15) is 0 Å². The van der Waals surface area contributed by atoms with Crippen molar-refractivity contribution in [1.82, 2.24) is 15.0 Å². The molecule has 3 rings (SSSR count). The zero-order valence-electron chi connectivity index (χ0n) is 11.7. The van der Waals surface area contributed by atoms with E-state index in [2.05, 4.69) is 20.4 Å². The van der Waals surface area contributed by atoms with Crippen LogP contribution in [0.15, 0.2) is 30.3 Å². The molecular weight excluding hydrogens is 269 g/mol. The fourth-order valence-electron chi connectivity index (χ4n) is 2.15. The fraction of sp³-hybridized carbons (Fsp3) is 0.133. The highest BCUT2D eigenvalue weighted by Gasteiger charge is 2.12. The summed E-state index contributed by atoms with van der Waals surface area (Å²) in [5.74, 6) is 5.15. The molecule has 3 N–H and O–H groups in total. The van der Waals surface area contributed by atoms with E-state index >= 15 is 0 Å². The normalized spacial score (nSPS) is 10.9. The molecule has 0 saturated heterocycles. The number of halogens is 1. The van der Waals surface area contributed by atoms with Crippen molar-refractivity contribution < 1.29 is 4.39 Å². The molecule has 21 heavy (non-hydrogen) atoms. The van der Waals surface area contributed by atoms with Crippen molar-refractivity contribution in [2.75, 3.05) is 5.43 Å². The first-order valence-corrected chi connectivity index (χ1v) is 6.47. The predicted molar refractivity (Wildman–Crippen MR) is 80.0 cm³/mol. The molecule has 0 saturated carbocycles. The van der Waals surface area contributed by atoms with Gasteiger partial charge in [0.25, 0.3) is 0 Å². The second-order valence-corrected chi connectivity index (χ2v) is 4.80. The van der Waals surface area contributed by atoms with E-state index in [0.29, 0.717) is 5.82 Å². The minimum atomic E-state index is -0.542. The number of nitrogens with one attached hydrogen (secondary N) is 1. The summed E-state index contributed by atoms with van der Waals surface area (Å²) in [4.78, 5) is 12.7. The van der Waals surface area contributed by atoms with Gasteiger partial charge in [-0.25, -0.2) is 20.2 Å². The Balaban J connectivity index is 2.16. The highest BCUT2D eigenvalue weighted by atomic mass is 19.1. The van der Waals surface area contributed by atoms with Crippen molar-refractivity contribution in [1.29, 1.82) is 0 Å². The number of nitrogens with two attached hydrogens (primary N) is 1. The third kappa shape index (κ3) is 2.41. The molecule has 0 unspecified atom stereocenters. The van der Waals surface area contributed by atoms with Crippen LogP contribution in [0.1, 0.15) is 11.4 Å². The number of hydrogen-bond acceptors (Lipinski definition) is 5. The van der Waals surface area contributed by atoms with Crippen LogP contribution in [0.2, 0.25) is 0 Å². The first-order chi connectivity index (χ1) is 10.1. The number of anilines is 1. The Morgan fingerprint density at radius 2 is 1.86 bits per heavy atom. The molecule has 0 fully saturated rings. The predicted octanol–water partition coefficient (Wildman–Crippen LogP) is 2.73. The van der Waals surface area contributed by atoms with Crippen LogP contribution in [0.25, 0.3) is 22.3 Å². The SMILES string of the molecule is Cc1ccc2cc(-c3nc(C)c(F)c(NN)n3)ccc2n1. The molecule has 6 heteroatoms. The number of benzene rings is 1. The zero-order chi connectivity index (χ0) is 15.0. The maximum Gasteiger partial charge on any atom is 0.187 e. The Hall–Kier alpha value is -2.60. The molecule has 3 aromatic rings. The van der Waals surface area contributed by atoms with Crippen LogP contribution in [0.3, 0.4) is 0 Å². The van der Waals surface area contributed by atoms with E-state index in [1.165, 1.54) is 0 Å². The van der Waals surface area contributed by atoms with Gasteiger partial charge in [-0.15, -0.1) is 0 Å². The van der Waals surface area contributed by atoms with E-state index in [1.54, 1.807) is 6.92 Å². The second kappa shape index (κ2) is 5.06. The summed E-state index contributed by atoms with van der Waals surface area (Å²) in [5.41, 5.74) is 5.14. The van der Waals surface area contributed by atoms with Crippen LogP contribution in [-0.2, 0) is 0 Å². The molecular formula is C15H14FN5. The largest absolute Gasteiger partial charge is 0.306 e. The topological polar surface area (TPSA) is 76.7 Å². The van der Waals surface area contributed by atoms with Crippen LogP contribution in [-0.4, -0.2) is 15.0 Å². The number of hydrogen-bond donors (Lipinski definition) is 2. The second-order valence-electron chi connectivity index (χ2n) is 4.80. The standard InChI is InChI=1S/C15H14FN5/c1-8-3-4-10-7-11(5-6-12(10)18-8)14-19-9(2)13(16)15(20-14)21-17/h3-7H,17H2,1-2H3,(H,19,20,21). The lowest BCUT2D eigenvalue weighted by atomic mass is 10.1. The Morgan fingerprint density at radius 3 is 2.62 bits per heavy atom. The number of fused-ring (bicyclic) bond motifs is 1. The molecule has 5 nitrogen and oxygen atoms in total. The van der Waals surface area contributed by atoms with E-state index in [0.717, 1.165) is 22.2 Å². The van der Waals surface area contributed by atoms with Crippen molar-refractivity contribution in [3.05, 3.63) is 47.5 Å². The molecule has 0 amide bonds. The molecule has 0 bridgehead atoms. The van der Waals surface area contributed by atoms with E-state index in [1.807, 2.05) is 37.3 Å². The first-order valence-electron chi connectivity index (χ1n) is 6.47. The summed E-state index contributed by atoms with van der Waals surface area (Å²) in [6.45, 7) is 3.52. The van der Waals surface area contributed by atoms with Gasteiger partial charge < -0.3 is 5.43 Å². The summed E-state index contributed by atoms with van der Waals surface area (Å²) in [7, 11) is 0. The van der Waals surface area contributed by atoms with Gasteiger partial charge >= 0.3 is 0 Å². The highest BCUT2D eigenvalue weighted by molar-refractivity contribution is 5.83. The Morgan fingerprint density at radius 1 is 1.05 bits per heavy atom. The Bertz CT molecular complexity index is 832. The van der Waals surface area contributed by atoms with Gasteiger partial charge in [-0.2, -0.15) is 0 Å². The van der Waals surface area contributed by atoms with Crippen LogP contribution in [0.4, 0.5) is 10.2 Å². The van der Waals surface area contributed by atoms with Gasteiger partial charge in [-0.1, -0.05) is 6.07 Å². The van der Waals surface area contributed by atoms with Crippen molar-refractivity contribution in [3.8, 4) is 11.4 Å². The van der Waals surface area contributed by atoms with Crippen molar-refractivity contribution in [3.63, 3.8) is 0 Å². The van der Waals surface area contributed by atoms with Crippen molar-refractivity contribution in [2.45, 2.75) is 13.8 Å².